The minimum Gasteiger partial charge on any atom is -0.457 e. The van der Waals surface area contributed by atoms with E-state index >= 15 is 0 Å². The van der Waals surface area contributed by atoms with Gasteiger partial charge >= 0.3 is 5.97 Å². The fourth-order valence-corrected chi connectivity index (χ4v) is 5.39. The second-order valence-electron chi connectivity index (χ2n) is 9.81. The van der Waals surface area contributed by atoms with Crippen LogP contribution in [0.2, 0.25) is 0 Å². The highest BCUT2D eigenvalue weighted by Crippen LogP contribution is 2.32. The van der Waals surface area contributed by atoms with Crippen LogP contribution in [0.3, 0.4) is 0 Å². The number of aromatic nitrogens is 1. The molecule has 0 aliphatic carbocycles. The molecule has 2 rings (SSSR count). The van der Waals surface area contributed by atoms with Gasteiger partial charge in [0.2, 0.25) is 0 Å². The number of aliphatic hydroxyl groups is 2. The molecule has 6 nitrogen and oxygen atoms in total. The van der Waals surface area contributed by atoms with Crippen LogP contribution in [0.25, 0.3) is 6.08 Å². The van der Waals surface area contributed by atoms with E-state index in [9.17, 15) is 19.8 Å². The molecule has 0 fully saturated rings. The number of thiazole rings is 1. The number of rotatable bonds is 3. The first-order valence-electron chi connectivity index (χ1n) is 11.9. The molecule has 1 aromatic heterocycles. The number of esters is 1. The lowest BCUT2D eigenvalue weighted by molar-refractivity contribution is -0.154. The zero-order chi connectivity index (χ0) is 25.5. The van der Waals surface area contributed by atoms with Crippen LogP contribution in [0, 0.1) is 17.3 Å². The van der Waals surface area contributed by atoms with Gasteiger partial charge < -0.3 is 14.9 Å². The summed E-state index contributed by atoms with van der Waals surface area (Å²) in [6, 6.07) is 0. The number of hydrogen-bond donors (Lipinski definition) is 2. The molecular weight excluding hydrogens is 470 g/mol. The third kappa shape index (κ3) is 7.77. The lowest BCUT2D eigenvalue weighted by atomic mass is 9.73. The Bertz CT molecular complexity index is 892. The van der Waals surface area contributed by atoms with Gasteiger partial charge in [0.15, 0.2) is 0 Å². The molecule has 0 bridgehead atoms. The Kier molecular flexibility index (Phi) is 11.0. The smallest absolute Gasteiger partial charge is 0.309 e. The molecule has 1 aliphatic heterocycles. The van der Waals surface area contributed by atoms with Crippen molar-refractivity contribution in [3.8, 4) is 0 Å². The first-order chi connectivity index (χ1) is 16.0. The molecule has 190 valence electrons. The van der Waals surface area contributed by atoms with Crippen LogP contribution in [0.4, 0.5) is 0 Å². The molecule has 1 aromatic rings. The third-order valence-corrected chi connectivity index (χ3v) is 8.60. The van der Waals surface area contributed by atoms with Gasteiger partial charge in [0.25, 0.3) is 0 Å². The average molecular weight is 510 g/mol. The number of nitrogens with zero attached hydrogens (tertiary/aromatic N) is 1. The average Bonchev–Trinajstić information content (AvgIpc) is 3.25. The molecule has 2 heterocycles. The highest BCUT2D eigenvalue weighted by atomic mass is 32.2. The molecule has 0 unspecified atom stereocenters. The van der Waals surface area contributed by atoms with E-state index in [1.807, 2.05) is 37.6 Å². The summed E-state index contributed by atoms with van der Waals surface area (Å²) < 4.78 is 6.74. The second-order valence-corrected chi connectivity index (χ2v) is 11.7. The molecule has 5 atom stereocenters. The molecule has 0 amide bonds. The van der Waals surface area contributed by atoms with Crippen LogP contribution in [-0.2, 0) is 14.3 Å². The van der Waals surface area contributed by atoms with Gasteiger partial charge in [-0.1, -0.05) is 51.6 Å². The van der Waals surface area contributed by atoms with Crippen LogP contribution >= 0.6 is 23.1 Å². The van der Waals surface area contributed by atoms with Crippen LogP contribution in [0.5, 0.6) is 0 Å². The number of ketones is 1. The maximum atomic E-state index is 13.1. The molecule has 34 heavy (non-hydrogen) atoms. The lowest BCUT2D eigenvalue weighted by Gasteiger charge is -2.34. The van der Waals surface area contributed by atoms with Crippen LogP contribution < -0.4 is 0 Å². The first-order valence-corrected chi connectivity index (χ1v) is 14.0. The van der Waals surface area contributed by atoms with Gasteiger partial charge in [0, 0.05) is 17.7 Å². The minimum absolute atomic E-state index is 0.0413. The standard InChI is InChI=1S/C26H39NO5S2/c1-16-11-9-7-8-10-12-20(17(2)13-19-15-34-25(27-19)33-6)32-22(29)14-21(28)26(4,5)24(31)18(3)23(16)30/h8,10,13,15-16,18,20-21,23,28,30H,7,9,11-12,14H2,1-6H3/b10-8+,17-13+/t16-,18+,20-,21-,23-/m0/s1. The van der Waals surface area contributed by atoms with Gasteiger partial charge in [-0.05, 0) is 50.0 Å². The molecule has 0 aromatic carbocycles. The van der Waals surface area contributed by atoms with Crippen molar-refractivity contribution < 1.29 is 24.5 Å². The number of cyclic esters (lactones) is 1. The van der Waals surface area contributed by atoms with Crippen molar-refractivity contribution in [2.45, 2.75) is 89.4 Å². The Hall–Kier alpha value is -1.48. The van der Waals surface area contributed by atoms with Crippen molar-refractivity contribution >= 4 is 40.9 Å². The van der Waals surface area contributed by atoms with Gasteiger partial charge in [0.1, 0.15) is 16.2 Å². The van der Waals surface area contributed by atoms with Crippen LogP contribution in [0.1, 0.15) is 72.4 Å². The Morgan fingerprint density at radius 1 is 1.26 bits per heavy atom. The summed E-state index contributed by atoms with van der Waals surface area (Å²) >= 11 is 3.15. The van der Waals surface area contributed by atoms with Crippen LogP contribution in [0.15, 0.2) is 27.4 Å². The normalized spacial score (nSPS) is 31.2. The summed E-state index contributed by atoms with van der Waals surface area (Å²) in [6.07, 6.45) is 8.25. The molecule has 0 radical (unpaired) electrons. The van der Waals surface area contributed by atoms with E-state index in [-0.39, 0.29) is 18.1 Å². The van der Waals surface area contributed by atoms with Crippen molar-refractivity contribution in [2.75, 3.05) is 6.26 Å². The summed E-state index contributed by atoms with van der Waals surface area (Å²) in [5.41, 5.74) is 0.505. The van der Waals surface area contributed by atoms with E-state index in [1.165, 1.54) is 0 Å². The number of Topliss-reactive ketones (excluding diaryl/α,β-unsaturated/α-hetero) is 1. The Labute approximate surface area is 211 Å². The van der Waals surface area contributed by atoms with Gasteiger partial charge in [-0.2, -0.15) is 0 Å². The monoisotopic (exact) mass is 509 g/mol. The SMILES string of the molecule is CSc1nc(/C=C(\C)[C@@H]2C/C=C/CCC[C@H](C)[C@H](O)[C@@H](C)C(=O)C(C)(C)[C@@H](O)CC(=O)O2)cs1. The number of carbonyl (C=O) groups is 2. The van der Waals surface area contributed by atoms with Crippen molar-refractivity contribution in [3.05, 3.63) is 28.8 Å². The van der Waals surface area contributed by atoms with Gasteiger partial charge in [-0.3, -0.25) is 9.59 Å². The number of ether oxygens (including phenoxy) is 1. The largest absolute Gasteiger partial charge is 0.457 e. The van der Waals surface area contributed by atoms with Crippen LogP contribution in [-0.4, -0.2) is 51.5 Å². The number of thioether (sulfide) groups is 1. The summed E-state index contributed by atoms with van der Waals surface area (Å²) in [4.78, 5) is 30.5. The summed E-state index contributed by atoms with van der Waals surface area (Å²) in [6.45, 7) is 8.82. The summed E-state index contributed by atoms with van der Waals surface area (Å²) in [5, 5.41) is 23.5. The first kappa shape index (κ1) is 28.8. The van der Waals surface area contributed by atoms with Crippen molar-refractivity contribution in [3.63, 3.8) is 0 Å². The van der Waals surface area contributed by atoms with E-state index in [0.717, 1.165) is 34.9 Å². The maximum absolute atomic E-state index is 13.1. The third-order valence-electron chi connectivity index (χ3n) is 6.72. The van der Waals surface area contributed by atoms with Crippen molar-refractivity contribution in [2.24, 2.45) is 17.3 Å². The molecule has 1 aliphatic rings. The topological polar surface area (TPSA) is 96.7 Å². The van der Waals surface area contributed by atoms with Gasteiger partial charge in [0.05, 0.1) is 29.7 Å². The molecule has 0 saturated carbocycles. The zero-order valence-electron chi connectivity index (χ0n) is 21.1. The number of allylic oxidation sites excluding steroid dienone is 1. The quantitative estimate of drug-likeness (QED) is 0.325. The highest BCUT2D eigenvalue weighted by Gasteiger charge is 2.42. The number of hydrogen-bond acceptors (Lipinski definition) is 8. The second kappa shape index (κ2) is 13.0. The Morgan fingerprint density at radius 2 is 1.97 bits per heavy atom. The number of carbonyl (C=O) groups excluding carboxylic acids is 2. The Balaban J connectivity index is 2.27. The fourth-order valence-electron chi connectivity index (χ4n) is 4.17. The molecular formula is C26H39NO5S2. The van der Waals surface area contributed by atoms with E-state index in [4.69, 9.17) is 4.74 Å². The van der Waals surface area contributed by atoms with Gasteiger partial charge in [-0.15, -0.1) is 11.3 Å². The minimum atomic E-state index is -1.21. The van der Waals surface area contributed by atoms with E-state index in [0.29, 0.717) is 6.42 Å². The number of aliphatic hydroxyl groups excluding tert-OH is 2. The van der Waals surface area contributed by atoms with Crippen molar-refractivity contribution in [1.82, 2.24) is 4.98 Å². The zero-order valence-corrected chi connectivity index (χ0v) is 22.7. The fraction of sp³-hybridized carbons (Fsp3) is 0.654. The van der Waals surface area contributed by atoms with E-state index in [1.54, 1.807) is 43.9 Å². The van der Waals surface area contributed by atoms with E-state index < -0.39 is 35.6 Å². The predicted octanol–water partition coefficient (Wildman–Crippen LogP) is 5.29. The maximum Gasteiger partial charge on any atom is 0.309 e. The summed E-state index contributed by atoms with van der Waals surface area (Å²) in [5.74, 6) is -1.49. The van der Waals surface area contributed by atoms with Crippen molar-refractivity contribution in [1.29, 1.82) is 0 Å². The summed E-state index contributed by atoms with van der Waals surface area (Å²) in [7, 11) is 0. The molecule has 2 N–H and O–H groups in total. The Morgan fingerprint density at radius 3 is 2.62 bits per heavy atom. The molecule has 8 heteroatoms. The van der Waals surface area contributed by atoms with Gasteiger partial charge in [-0.25, -0.2) is 4.98 Å². The molecule has 0 spiro atoms. The lowest BCUT2D eigenvalue weighted by Crippen LogP contribution is -2.45. The predicted molar refractivity (Wildman–Crippen MR) is 139 cm³/mol. The van der Waals surface area contributed by atoms with E-state index in [2.05, 4.69) is 11.1 Å². The molecule has 0 saturated heterocycles. The highest BCUT2D eigenvalue weighted by molar-refractivity contribution is 8.00.